The molecule has 0 spiro atoms. The van der Waals surface area contributed by atoms with E-state index in [-0.39, 0.29) is 5.91 Å². The van der Waals surface area contributed by atoms with Crippen LogP contribution in [0, 0.1) is 0 Å². The Kier molecular flexibility index (Phi) is 3.02. The Morgan fingerprint density at radius 1 is 1.37 bits per heavy atom. The summed E-state index contributed by atoms with van der Waals surface area (Å²) in [6.07, 6.45) is 1.73. The molecule has 1 aliphatic rings. The third kappa shape index (κ3) is 2.12. The molecule has 3 heterocycles. The van der Waals surface area contributed by atoms with Crippen LogP contribution in [0.5, 0.6) is 0 Å². The molecule has 0 fully saturated rings. The number of hydrogen-bond donors (Lipinski definition) is 0. The molecule has 1 aliphatic heterocycles. The Balaban J connectivity index is 1.98. The van der Waals surface area contributed by atoms with Crippen molar-refractivity contribution in [2.75, 3.05) is 29.9 Å². The average molecular weight is 322 g/mol. The van der Waals surface area contributed by atoms with Crippen LogP contribution < -0.4 is 9.80 Å². The largest absolute Gasteiger partial charge is 0.444 e. The third-order valence-corrected chi connectivity index (χ3v) is 3.53. The molecular weight excluding hydrogens is 310 g/mol. The van der Waals surface area contributed by atoms with Crippen molar-refractivity contribution >= 4 is 33.3 Å². The minimum absolute atomic E-state index is 0.145. The maximum Gasteiger partial charge on any atom is 0.294 e. The van der Waals surface area contributed by atoms with Crippen LogP contribution in [0.25, 0.3) is 0 Å². The van der Waals surface area contributed by atoms with Gasteiger partial charge in [0.1, 0.15) is 0 Å². The maximum atomic E-state index is 12.4. The number of pyridine rings is 1. The van der Waals surface area contributed by atoms with Crippen LogP contribution in [-0.4, -0.2) is 31.0 Å². The summed E-state index contributed by atoms with van der Waals surface area (Å²) in [6, 6.07) is 7.11. The number of likely N-dealkylation sites (N-methyl/N-ethyl adjacent to an activating group) is 1. The van der Waals surface area contributed by atoms with Crippen LogP contribution in [0.3, 0.4) is 0 Å². The van der Waals surface area contributed by atoms with E-state index in [1.165, 1.54) is 0 Å². The Bertz CT molecular complexity index is 626. The summed E-state index contributed by atoms with van der Waals surface area (Å²) in [5, 5.41) is 0. The molecule has 0 N–H and O–H groups in total. The van der Waals surface area contributed by atoms with Gasteiger partial charge in [-0.3, -0.25) is 4.79 Å². The highest BCUT2D eigenvalue weighted by Crippen LogP contribution is 2.31. The molecule has 0 aliphatic carbocycles. The standard InChI is InChI=1S/C13H12BrN3O2/c1-16-7-8-17(9-3-2-6-15-12(9)16)13(18)10-4-5-11(14)19-10/h2-6H,7-8H2,1H3. The highest BCUT2D eigenvalue weighted by Gasteiger charge is 2.28. The molecule has 2 aromatic rings. The minimum Gasteiger partial charge on any atom is -0.444 e. The van der Waals surface area contributed by atoms with Crippen molar-refractivity contribution in [2.24, 2.45) is 0 Å². The first-order valence-electron chi connectivity index (χ1n) is 5.90. The van der Waals surface area contributed by atoms with E-state index >= 15 is 0 Å². The van der Waals surface area contributed by atoms with E-state index in [1.54, 1.807) is 23.2 Å². The quantitative estimate of drug-likeness (QED) is 0.810. The van der Waals surface area contributed by atoms with Gasteiger partial charge in [-0.2, -0.15) is 0 Å². The van der Waals surface area contributed by atoms with Crippen LogP contribution in [-0.2, 0) is 0 Å². The summed E-state index contributed by atoms with van der Waals surface area (Å²) in [4.78, 5) is 20.5. The van der Waals surface area contributed by atoms with Crippen molar-refractivity contribution in [3.63, 3.8) is 0 Å². The van der Waals surface area contributed by atoms with Crippen molar-refractivity contribution < 1.29 is 9.21 Å². The Hall–Kier alpha value is -1.82. The van der Waals surface area contributed by atoms with Crippen molar-refractivity contribution in [2.45, 2.75) is 0 Å². The zero-order valence-electron chi connectivity index (χ0n) is 10.3. The number of rotatable bonds is 1. The number of carbonyl (C=O) groups excluding carboxylic acids is 1. The summed E-state index contributed by atoms with van der Waals surface area (Å²) >= 11 is 3.21. The predicted molar refractivity (Wildman–Crippen MR) is 75.6 cm³/mol. The molecule has 0 aromatic carbocycles. The molecule has 0 bridgehead atoms. The molecule has 0 unspecified atom stereocenters. The van der Waals surface area contributed by atoms with Crippen LogP contribution in [0.1, 0.15) is 10.6 Å². The first-order chi connectivity index (χ1) is 9.16. The fourth-order valence-corrected chi connectivity index (χ4v) is 2.45. The van der Waals surface area contributed by atoms with Gasteiger partial charge in [-0.25, -0.2) is 4.98 Å². The molecule has 19 heavy (non-hydrogen) atoms. The summed E-state index contributed by atoms with van der Waals surface area (Å²) in [6.45, 7) is 1.37. The normalized spacial score (nSPS) is 14.4. The predicted octanol–water partition coefficient (Wildman–Crippen LogP) is 2.53. The molecule has 2 aromatic heterocycles. The number of amides is 1. The molecule has 1 amide bonds. The monoisotopic (exact) mass is 321 g/mol. The van der Waals surface area contributed by atoms with Crippen LogP contribution in [0.15, 0.2) is 39.5 Å². The lowest BCUT2D eigenvalue weighted by molar-refractivity contribution is 0.0958. The van der Waals surface area contributed by atoms with E-state index in [2.05, 4.69) is 20.9 Å². The van der Waals surface area contributed by atoms with Crippen molar-refractivity contribution in [3.05, 3.63) is 40.9 Å². The van der Waals surface area contributed by atoms with Crippen LogP contribution in [0.4, 0.5) is 11.5 Å². The highest BCUT2D eigenvalue weighted by molar-refractivity contribution is 9.10. The number of fused-ring (bicyclic) bond motifs is 1. The Morgan fingerprint density at radius 2 is 2.21 bits per heavy atom. The van der Waals surface area contributed by atoms with Gasteiger partial charge in [0.15, 0.2) is 16.2 Å². The number of carbonyl (C=O) groups is 1. The maximum absolute atomic E-state index is 12.4. The second-order valence-corrected chi connectivity index (χ2v) is 5.11. The lowest BCUT2D eigenvalue weighted by atomic mass is 10.2. The van der Waals surface area contributed by atoms with Gasteiger partial charge in [-0.05, 0) is 40.2 Å². The van der Waals surface area contributed by atoms with Gasteiger partial charge in [0, 0.05) is 26.3 Å². The lowest BCUT2D eigenvalue weighted by Gasteiger charge is -2.33. The molecule has 0 saturated heterocycles. The first kappa shape index (κ1) is 12.2. The van der Waals surface area contributed by atoms with Gasteiger partial charge in [0.05, 0.1) is 5.69 Å². The number of anilines is 2. The van der Waals surface area contributed by atoms with Gasteiger partial charge in [-0.1, -0.05) is 0 Å². The van der Waals surface area contributed by atoms with Crippen LogP contribution in [0.2, 0.25) is 0 Å². The molecule has 0 saturated carbocycles. The third-order valence-electron chi connectivity index (χ3n) is 3.11. The van der Waals surface area contributed by atoms with E-state index in [9.17, 15) is 4.79 Å². The van der Waals surface area contributed by atoms with E-state index < -0.39 is 0 Å². The highest BCUT2D eigenvalue weighted by atomic mass is 79.9. The summed E-state index contributed by atoms with van der Waals surface area (Å²) in [5.41, 5.74) is 0.814. The Morgan fingerprint density at radius 3 is 2.95 bits per heavy atom. The van der Waals surface area contributed by atoms with Crippen molar-refractivity contribution in [1.29, 1.82) is 0 Å². The minimum atomic E-state index is -0.145. The topological polar surface area (TPSA) is 49.6 Å². The lowest BCUT2D eigenvalue weighted by Crippen LogP contribution is -2.43. The summed E-state index contributed by atoms with van der Waals surface area (Å²) in [7, 11) is 1.97. The molecule has 3 rings (SSSR count). The second kappa shape index (κ2) is 4.70. The fourth-order valence-electron chi connectivity index (χ4n) is 2.14. The number of furan rings is 1. The fraction of sp³-hybridized carbons (Fsp3) is 0.231. The smallest absolute Gasteiger partial charge is 0.294 e. The Labute approximate surface area is 119 Å². The van der Waals surface area contributed by atoms with Crippen molar-refractivity contribution in [3.8, 4) is 0 Å². The number of halogens is 1. The molecular formula is C13H12BrN3O2. The van der Waals surface area contributed by atoms with Gasteiger partial charge >= 0.3 is 0 Å². The van der Waals surface area contributed by atoms with Crippen molar-refractivity contribution in [1.82, 2.24) is 4.98 Å². The van der Waals surface area contributed by atoms with Gasteiger partial charge in [-0.15, -0.1) is 0 Å². The van der Waals surface area contributed by atoms with Gasteiger partial charge < -0.3 is 14.2 Å². The zero-order valence-corrected chi connectivity index (χ0v) is 11.9. The van der Waals surface area contributed by atoms with Gasteiger partial charge in [0.2, 0.25) is 0 Å². The number of hydrogen-bond acceptors (Lipinski definition) is 4. The second-order valence-electron chi connectivity index (χ2n) is 4.33. The van der Waals surface area contributed by atoms with E-state index in [4.69, 9.17) is 4.42 Å². The number of aromatic nitrogens is 1. The van der Waals surface area contributed by atoms with E-state index in [0.717, 1.165) is 18.1 Å². The zero-order chi connectivity index (χ0) is 13.4. The van der Waals surface area contributed by atoms with Gasteiger partial charge in [0.25, 0.3) is 5.91 Å². The molecule has 98 valence electrons. The molecule has 0 radical (unpaired) electrons. The SMILES string of the molecule is CN1CCN(C(=O)c2ccc(Br)o2)c2cccnc21. The molecule has 0 atom stereocenters. The average Bonchev–Trinajstić information content (AvgIpc) is 2.86. The summed E-state index contributed by atoms with van der Waals surface area (Å²) in [5.74, 6) is 0.993. The van der Waals surface area contributed by atoms with E-state index in [1.807, 2.05) is 24.1 Å². The summed E-state index contributed by atoms with van der Waals surface area (Å²) < 4.78 is 5.88. The van der Waals surface area contributed by atoms with E-state index in [0.29, 0.717) is 17.0 Å². The van der Waals surface area contributed by atoms with Crippen LogP contribution >= 0.6 is 15.9 Å². The number of nitrogens with zero attached hydrogens (tertiary/aromatic N) is 3. The molecule has 6 heteroatoms. The first-order valence-corrected chi connectivity index (χ1v) is 6.69. The molecule has 5 nitrogen and oxygen atoms in total.